The summed E-state index contributed by atoms with van der Waals surface area (Å²) >= 11 is 0. The van der Waals surface area contributed by atoms with Crippen LogP contribution < -0.4 is 10.2 Å². The van der Waals surface area contributed by atoms with Crippen LogP contribution in [0, 0.1) is 0 Å². The number of hydroxylamine groups is 1. The Morgan fingerprint density at radius 1 is 1.06 bits per heavy atom. The molecule has 1 amide bonds. The maximum Gasteiger partial charge on any atom is 0.416 e. The zero-order valence-corrected chi connectivity index (χ0v) is 19.0. The molecule has 15 heteroatoms. The predicted octanol–water partition coefficient (Wildman–Crippen LogP) is 3.32. The minimum atomic E-state index is -5.07. The van der Waals surface area contributed by atoms with Crippen LogP contribution in [0.4, 0.5) is 26.3 Å². The van der Waals surface area contributed by atoms with Crippen LogP contribution in [0.1, 0.15) is 29.5 Å². The van der Waals surface area contributed by atoms with Crippen molar-refractivity contribution in [3.05, 3.63) is 59.2 Å². The van der Waals surface area contributed by atoms with Gasteiger partial charge in [0, 0.05) is 12.1 Å². The second-order valence-corrected chi connectivity index (χ2v) is 9.80. The first-order valence-electron chi connectivity index (χ1n) is 10.3. The van der Waals surface area contributed by atoms with E-state index in [9.17, 15) is 44.7 Å². The Morgan fingerprint density at radius 2 is 1.69 bits per heavy atom. The molecule has 0 bridgehead atoms. The van der Waals surface area contributed by atoms with Crippen molar-refractivity contribution in [3.63, 3.8) is 0 Å². The fraction of sp³-hybridized carbons (Fsp3) is 0.381. The smallest absolute Gasteiger partial charge is 0.416 e. The number of carbonyl (C=O) groups is 1. The van der Waals surface area contributed by atoms with Crippen LogP contribution in [-0.2, 0) is 33.8 Å². The molecule has 0 aromatic heterocycles. The Morgan fingerprint density at radius 3 is 2.25 bits per heavy atom. The number of piperidine rings is 1. The van der Waals surface area contributed by atoms with E-state index in [2.05, 4.69) is 0 Å². The largest absolute Gasteiger partial charge is 0.489 e. The van der Waals surface area contributed by atoms with E-state index < -0.39 is 63.7 Å². The molecule has 2 aromatic carbocycles. The highest BCUT2D eigenvalue weighted by Gasteiger charge is 2.41. The number of ether oxygens (including phenoxy) is 1. The van der Waals surface area contributed by atoms with Crippen LogP contribution >= 0.6 is 0 Å². The van der Waals surface area contributed by atoms with Crippen molar-refractivity contribution in [1.29, 1.82) is 0 Å². The topological polar surface area (TPSA) is 116 Å². The second-order valence-electron chi connectivity index (χ2n) is 7.91. The highest BCUT2D eigenvalue weighted by Crippen LogP contribution is 2.37. The summed E-state index contributed by atoms with van der Waals surface area (Å²) in [4.78, 5) is 11.6. The summed E-state index contributed by atoms with van der Waals surface area (Å²) in [5.74, 6) is -1.10. The summed E-state index contributed by atoms with van der Waals surface area (Å²) in [5, 5.41) is 18.7. The molecule has 1 aliphatic rings. The van der Waals surface area contributed by atoms with Crippen molar-refractivity contribution in [2.24, 2.45) is 0 Å². The molecule has 1 aliphatic heterocycles. The van der Waals surface area contributed by atoms with Crippen molar-refractivity contribution in [2.75, 3.05) is 6.54 Å². The van der Waals surface area contributed by atoms with E-state index in [4.69, 9.17) is 9.94 Å². The van der Waals surface area contributed by atoms with Crippen molar-refractivity contribution in [2.45, 2.75) is 48.8 Å². The first kappa shape index (κ1) is 27.7. The van der Waals surface area contributed by atoms with Crippen molar-refractivity contribution in [3.8, 4) is 5.75 Å². The SMILES string of the molecule is O=C(NO)C1CC(O)CCN1S(=O)(=O)c1ccc(OCc2ccc(C(F)(F)F)cc2C(F)(F)F)cc1. The average Bonchev–Trinajstić information content (AvgIpc) is 2.81. The van der Waals surface area contributed by atoms with Gasteiger partial charge in [-0.1, -0.05) is 6.07 Å². The number of aliphatic hydroxyl groups is 1. The van der Waals surface area contributed by atoms with Crippen molar-refractivity contribution in [1.82, 2.24) is 9.79 Å². The number of nitrogens with zero attached hydrogens (tertiary/aromatic N) is 1. The van der Waals surface area contributed by atoms with Crippen LogP contribution in [0.15, 0.2) is 47.4 Å². The Kier molecular flexibility index (Phi) is 7.88. The van der Waals surface area contributed by atoms with Crippen LogP contribution in [-0.4, -0.2) is 47.6 Å². The summed E-state index contributed by atoms with van der Waals surface area (Å²) < 4.78 is 110. The minimum absolute atomic E-state index is 0.0110. The highest BCUT2D eigenvalue weighted by atomic mass is 32.2. The Hall–Kier alpha value is -2.88. The number of rotatable bonds is 6. The van der Waals surface area contributed by atoms with Gasteiger partial charge in [0.15, 0.2) is 0 Å². The van der Waals surface area contributed by atoms with Gasteiger partial charge in [-0.3, -0.25) is 10.0 Å². The second kappa shape index (κ2) is 10.2. The van der Waals surface area contributed by atoms with Gasteiger partial charge in [0.25, 0.3) is 5.91 Å². The first-order chi connectivity index (χ1) is 16.6. The molecular formula is C21H20F6N2O6S. The molecule has 36 heavy (non-hydrogen) atoms. The molecule has 1 heterocycles. The molecule has 0 radical (unpaired) electrons. The van der Waals surface area contributed by atoms with Crippen molar-refractivity contribution < 1.29 is 54.6 Å². The van der Waals surface area contributed by atoms with Gasteiger partial charge in [-0.2, -0.15) is 30.6 Å². The number of alkyl halides is 6. The molecule has 0 spiro atoms. The van der Waals surface area contributed by atoms with E-state index in [-0.39, 0.29) is 36.1 Å². The number of amides is 1. The number of halogens is 6. The van der Waals surface area contributed by atoms with Crippen LogP contribution in [0.25, 0.3) is 0 Å². The normalized spacial score (nSPS) is 19.7. The third kappa shape index (κ3) is 6.08. The standard InChI is InChI=1S/C21H20F6N2O6S/c22-20(23,24)13-2-1-12(17(9-13)21(25,26)27)11-35-15-3-5-16(6-4-15)36(33,34)29-8-7-14(30)10-18(29)19(31)28-32/h1-6,9,14,18,30,32H,7-8,10-11H2,(H,28,31). The number of aliphatic hydroxyl groups excluding tert-OH is 1. The highest BCUT2D eigenvalue weighted by molar-refractivity contribution is 7.89. The number of hydrogen-bond donors (Lipinski definition) is 3. The maximum absolute atomic E-state index is 13.3. The first-order valence-corrected chi connectivity index (χ1v) is 11.7. The molecular weight excluding hydrogens is 522 g/mol. The van der Waals surface area contributed by atoms with E-state index >= 15 is 0 Å². The van der Waals surface area contributed by atoms with E-state index in [0.29, 0.717) is 12.1 Å². The summed E-state index contributed by atoms with van der Waals surface area (Å²) in [5.41, 5.74) is -2.18. The maximum atomic E-state index is 13.3. The Balaban J connectivity index is 1.79. The summed E-state index contributed by atoms with van der Waals surface area (Å²) in [6, 6.07) is 4.17. The van der Waals surface area contributed by atoms with Gasteiger partial charge in [0.2, 0.25) is 10.0 Å². The van der Waals surface area contributed by atoms with Crippen LogP contribution in [0.2, 0.25) is 0 Å². The average molecular weight is 542 g/mol. The Bertz CT molecular complexity index is 1200. The molecule has 3 rings (SSSR count). The molecule has 1 saturated heterocycles. The van der Waals surface area contributed by atoms with E-state index in [0.717, 1.165) is 28.6 Å². The lowest BCUT2D eigenvalue weighted by molar-refractivity contribution is -0.143. The van der Waals surface area contributed by atoms with Gasteiger partial charge in [-0.05, 0) is 49.2 Å². The number of benzene rings is 2. The summed E-state index contributed by atoms with van der Waals surface area (Å²) in [6.07, 6.45) is -11.2. The van der Waals surface area contributed by atoms with Gasteiger partial charge in [-0.15, -0.1) is 0 Å². The molecule has 1 fully saturated rings. The third-order valence-electron chi connectivity index (χ3n) is 5.51. The zero-order valence-electron chi connectivity index (χ0n) is 18.2. The third-order valence-corrected chi connectivity index (χ3v) is 7.43. The number of nitrogens with one attached hydrogen (secondary N) is 1. The molecule has 0 saturated carbocycles. The van der Waals surface area contributed by atoms with E-state index in [1.54, 1.807) is 0 Å². The van der Waals surface area contributed by atoms with Gasteiger partial charge in [-0.25, -0.2) is 13.9 Å². The Labute approximate surface area is 201 Å². The molecule has 198 valence electrons. The molecule has 0 aliphatic carbocycles. The molecule has 2 unspecified atom stereocenters. The van der Waals surface area contributed by atoms with E-state index in [1.165, 1.54) is 5.48 Å². The number of hydrogen-bond acceptors (Lipinski definition) is 6. The minimum Gasteiger partial charge on any atom is -0.489 e. The van der Waals surface area contributed by atoms with Crippen molar-refractivity contribution >= 4 is 15.9 Å². The molecule has 8 nitrogen and oxygen atoms in total. The lowest BCUT2D eigenvalue weighted by atomic mass is 10.0. The van der Waals surface area contributed by atoms with Crippen LogP contribution in [0.3, 0.4) is 0 Å². The summed E-state index contributed by atoms with van der Waals surface area (Å²) in [7, 11) is -4.28. The lowest BCUT2D eigenvalue weighted by Crippen LogP contribution is -2.54. The number of sulfonamides is 1. The van der Waals surface area contributed by atoms with Gasteiger partial charge < -0.3 is 9.84 Å². The van der Waals surface area contributed by atoms with Gasteiger partial charge >= 0.3 is 12.4 Å². The zero-order chi connectivity index (χ0) is 26.9. The van der Waals surface area contributed by atoms with E-state index in [1.807, 2.05) is 0 Å². The predicted molar refractivity (Wildman–Crippen MR) is 110 cm³/mol. The molecule has 2 atom stereocenters. The monoisotopic (exact) mass is 542 g/mol. The summed E-state index contributed by atoms with van der Waals surface area (Å²) in [6.45, 7) is -0.962. The number of carbonyl (C=O) groups excluding carboxylic acids is 1. The van der Waals surface area contributed by atoms with Crippen LogP contribution in [0.5, 0.6) is 5.75 Å². The molecule has 3 N–H and O–H groups in total. The fourth-order valence-corrected chi connectivity index (χ4v) is 5.29. The lowest BCUT2D eigenvalue weighted by Gasteiger charge is -2.35. The molecule has 2 aromatic rings. The van der Waals surface area contributed by atoms with Gasteiger partial charge in [0.05, 0.1) is 22.1 Å². The fourth-order valence-electron chi connectivity index (χ4n) is 3.67. The quantitative estimate of drug-likeness (QED) is 0.293. The van der Waals surface area contributed by atoms with Gasteiger partial charge in [0.1, 0.15) is 18.4 Å².